The highest BCUT2D eigenvalue weighted by atomic mass is 35.5. The van der Waals surface area contributed by atoms with Crippen molar-refractivity contribution in [2.45, 2.75) is 57.5 Å². The summed E-state index contributed by atoms with van der Waals surface area (Å²) < 4.78 is 0. The summed E-state index contributed by atoms with van der Waals surface area (Å²) in [7, 11) is 0. The van der Waals surface area contributed by atoms with E-state index in [-0.39, 0.29) is 30.7 Å². The molecule has 0 spiro atoms. The maximum absolute atomic E-state index is 12.1. The molecule has 5 nitrogen and oxygen atoms in total. The number of hydrogen-bond acceptors (Lipinski definition) is 3. The average molecular weight is 373 g/mol. The van der Waals surface area contributed by atoms with Gasteiger partial charge in [0.1, 0.15) is 5.82 Å². The Hall–Kier alpha value is -1.30. The smallest absolute Gasteiger partial charge is 0.220 e. The predicted molar refractivity (Wildman–Crippen MR) is 102 cm³/mol. The molecular weight excluding hydrogens is 347 g/mol. The van der Waals surface area contributed by atoms with Crippen LogP contribution in [0.2, 0.25) is 0 Å². The largest absolute Gasteiger partial charge is 0.353 e. The maximum atomic E-state index is 12.1. The van der Waals surface area contributed by atoms with Gasteiger partial charge in [0.2, 0.25) is 5.91 Å². The van der Waals surface area contributed by atoms with Crippen molar-refractivity contribution in [2.24, 2.45) is 5.73 Å². The second-order valence-corrected chi connectivity index (χ2v) is 6.33. The van der Waals surface area contributed by atoms with Crippen molar-refractivity contribution >= 4 is 41.8 Å². The second kappa shape index (κ2) is 9.25. The molecule has 0 saturated heterocycles. The molecule has 3 rings (SSSR count). The van der Waals surface area contributed by atoms with E-state index < -0.39 is 0 Å². The fourth-order valence-electron chi connectivity index (χ4n) is 3.14. The summed E-state index contributed by atoms with van der Waals surface area (Å²) in [5.74, 6) is 0.989. The molecule has 0 atom stereocenters. The summed E-state index contributed by atoms with van der Waals surface area (Å²) in [6.07, 6.45) is 5.13. The summed E-state index contributed by atoms with van der Waals surface area (Å²) in [6, 6.07) is 6.69. The molecule has 0 unspecified atom stereocenters. The van der Waals surface area contributed by atoms with E-state index in [1.165, 1.54) is 0 Å². The number of hydrogen-bond donors (Lipinski definition) is 3. The lowest BCUT2D eigenvalue weighted by Gasteiger charge is -2.26. The Morgan fingerprint density at radius 1 is 1.29 bits per heavy atom. The zero-order chi connectivity index (χ0) is 15.5. The standard InChI is InChI=1S/C17H24N4O.2ClH/c1-11-3-2-4-14-17(11)21-15(20-14)9-10-16(22)19-13-7-5-12(18)6-8-13;;/h2-4,12-13H,5-10,18H2,1H3,(H,19,22)(H,20,21);2*1H. The molecule has 1 aliphatic rings. The van der Waals surface area contributed by atoms with Gasteiger partial charge in [-0.15, -0.1) is 24.8 Å². The number of fused-ring (bicyclic) bond motifs is 1. The molecule has 0 bridgehead atoms. The minimum absolute atomic E-state index is 0. The molecule has 1 aromatic carbocycles. The summed E-state index contributed by atoms with van der Waals surface area (Å²) >= 11 is 0. The fraction of sp³-hybridized carbons (Fsp3) is 0.529. The van der Waals surface area contributed by atoms with Crippen LogP contribution in [-0.2, 0) is 11.2 Å². The topological polar surface area (TPSA) is 83.8 Å². The van der Waals surface area contributed by atoms with E-state index in [2.05, 4.69) is 15.3 Å². The minimum atomic E-state index is 0. The normalized spacial score (nSPS) is 20.1. The van der Waals surface area contributed by atoms with E-state index in [1.54, 1.807) is 0 Å². The number of carbonyl (C=O) groups excluding carboxylic acids is 1. The molecule has 134 valence electrons. The van der Waals surface area contributed by atoms with Crippen LogP contribution in [0.15, 0.2) is 18.2 Å². The van der Waals surface area contributed by atoms with Crippen LogP contribution in [-0.4, -0.2) is 28.0 Å². The number of rotatable bonds is 4. The average Bonchev–Trinajstić information content (AvgIpc) is 2.92. The third-order valence-corrected chi connectivity index (χ3v) is 4.49. The number of carbonyl (C=O) groups is 1. The molecule has 1 aromatic heterocycles. The molecule has 0 aliphatic heterocycles. The van der Waals surface area contributed by atoms with Crippen molar-refractivity contribution in [3.05, 3.63) is 29.6 Å². The van der Waals surface area contributed by atoms with Gasteiger partial charge in [0.15, 0.2) is 0 Å². The van der Waals surface area contributed by atoms with Crippen LogP contribution in [0.4, 0.5) is 0 Å². The monoisotopic (exact) mass is 372 g/mol. The van der Waals surface area contributed by atoms with Crippen molar-refractivity contribution in [3.63, 3.8) is 0 Å². The van der Waals surface area contributed by atoms with Gasteiger partial charge in [-0.25, -0.2) is 4.98 Å². The molecule has 0 radical (unpaired) electrons. The number of nitrogens with zero attached hydrogens (tertiary/aromatic N) is 1. The highest BCUT2D eigenvalue weighted by molar-refractivity contribution is 5.85. The third-order valence-electron chi connectivity index (χ3n) is 4.49. The molecular formula is C17H26Cl2N4O. The van der Waals surface area contributed by atoms with Crippen LogP contribution < -0.4 is 11.1 Å². The maximum Gasteiger partial charge on any atom is 0.220 e. The number of benzene rings is 1. The van der Waals surface area contributed by atoms with Crippen molar-refractivity contribution in [3.8, 4) is 0 Å². The van der Waals surface area contributed by atoms with Crippen LogP contribution in [0.5, 0.6) is 0 Å². The quantitative estimate of drug-likeness (QED) is 0.770. The molecule has 1 saturated carbocycles. The Bertz CT molecular complexity index is 666. The predicted octanol–water partition coefficient (Wildman–Crippen LogP) is 3.03. The van der Waals surface area contributed by atoms with Gasteiger partial charge in [-0.1, -0.05) is 12.1 Å². The van der Waals surface area contributed by atoms with E-state index >= 15 is 0 Å². The summed E-state index contributed by atoms with van der Waals surface area (Å²) in [5.41, 5.74) is 9.08. The first-order chi connectivity index (χ1) is 10.6. The molecule has 24 heavy (non-hydrogen) atoms. The van der Waals surface area contributed by atoms with E-state index in [0.717, 1.165) is 48.1 Å². The molecule has 7 heteroatoms. The van der Waals surface area contributed by atoms with Crippen molar-refractivity contribution in [1.82, 2.24) is 15.3 Å². The van der Waals surface area contributed by atoms with Gasteiger partial charge >= 0.3 is 0 Å². The van der Waals surface area contributed by atoms with Gasteiger partial charge in [0, 0.05) is 24.9 Å². The SMILES string of the molecule is Cc1cccc2[nH]c(CCC(=O)NC3CCC(N)CC3)nc12.Cl.Cl. The van der Waals surface area contributed by atoms with Crippen LogP contribution in [0, 0.1) is 6.92 Å². The first-order valence-electron chi connectivity index (χ1n) is 8.11. The molecule has 1 heterocycles. The summed E-state index contributed by atoms with van der Waals surface area (Å²) in [4.78, 5) is 19.9. The number of nitrogens with one attached hydrogen (secondary N) is 2. The lowest BCUT2D eigenvalue weighted by molar-refractivity contribution is -0.122. The van der Waals surface area contributed by atoms with Crippen LogP contribution in [0.1, 0.15) is 43.5 Å². The zero-order valence-electron chi connectivity index (χ0n) is 13.9. The van der Waals surface area contributed by atoms with Crippen molar-refractivity contribution < 1.29 is 4.79 Å². The molecule has 1 fully saturated rings. The number of aromatic amines is 1. The zero-order valence-corrected chi connectivity index (χ0v) is 15.5. The van der Waals surface area contributed by atoms with Gasteiger partial charge < -0.3 is 16.0 Å². The number of aromatic nitrogens is 2. The fourth-order valence-corrected chi connectivity index (χ4v) is 3.14. The van der Waals surface area contributed by atoms with Crippen LogP contribution in [0.25, 0.3) is 11.0 Å². The Morgan fingerprint density at radius 2 is 2.00 bits per heavy atom. The van der Waals surface area contributed by atoms with Crippen molar-refractivity contribution in [2.75, 3.05) is 0 Å². The lowest BCUT2D eigenvalue weighted by Crippen LogP contribution is -2.40. The van der Waals surface area contributed by atoms with E-state index in [4.69, 9.17) is 5.73 Å². The number of amides is 1. The number of para-hydroxylation sites is 1. The van der Waals surface area contributed by atoms with E-state index in [9.17, 15) is 4.79 Å². The Labute approximate surface area is 155 Å². The summed E-state index contributed by atoms with van der Waals surface area (Å²) in [5, 5.41) is 3.12. The molecule has 2 aromatic rings. The van der Waals surface area contributed by atoms with E-state index in [1.807, 2.05) is 25.1 Å². The highest BCUT2D eigenvalue weighted by Crippen LogP contribution is 2.18. The van der Waals surface area contributed by atoms with Gasteiger partial charge in [0.05, 0.1) is 11.0 Å². The van der Waals surface area contributed by atoms with Gasteiger partial charge in [0.25, 0.3) is 0 Å². The molecule has 4 N–H and O–H groups in total. The van der Waals surface area contributed by atoms with E-state index in [0.29, 0.717) is 24.9 Å². The number of nitrogens with two attached hydrogens (primary N) is 1. The van der Waals surface area contributed by atoms with Crippen LogP contribution >= 0.6 is 24.8 Å². The van der Waals surface area contributed by atoms with Gasteiger partial charge in [-0.3, -0.25) is 4.79 Å². The van der Waals surface area contributed by atoms with Crippen molar-refractivity contribution in [1.29, 1.82) is 0 Å². The Kier molecular flexibility index (Phi) is 8.00. The summed E-state index contributed by atoms with van der Waals surface area (Å²) in [6.45, 7) is 2.05. The highest BCUT2D eigenvalue weighted by Gasteiger charge is 2.20. The number of H-pyrrole nitrogens is 1. The molecule has 1 aliphatic carbocycles. The van der Waals surface area contributed by atoms with Crippen LogP contribution in [0.3, 0.4) is 0 Å². The second-order valence-electron chi connectivity index (χ2n) is 6.33. The number of halogens is 2. The number of aryl methyl sites for hydroxylation is 2. The lowest BCUT2D eigenvalue weighted by atomic mass is 9.92. The Morgan fingerprint density at radius 3 is 2.67 bits per heavy atom. The molecule has 1 amide bonds. The third kappa shape index (κ3) is 5.10. The minimum Gasteiger partial charge on any atom is -0.353 e. The first-order valence-corrected chi connectivity index (χ1v) is 8.11. The first kappa shape index (κ1) is 20.7. The Balaban J connectivity index is 0.00000144. The van der Waals surface area contributed by atoms with Gasteiger partial charge in [-0.2, -0.15) is 0 Å². The number of imidazole rings is 1. The van der Waals surface area contributed by atoms with Gasteiger partial charge in [-0.05, 0) is 44.2 Å².